The summed E-state index contributed by atoms with van der Waals surface area (Å²) in [5.74, 6) is 0. The maximum absolute atomic E-state index is 7.05. The summed E-state index contributed by atoms with van der Waals surface area (Å²) >= 11 is 0. The highest BCUT2D eigenvalue weighted by Gasteiger charge is 2.44. The highest BCUT2D eigenvalue weighted by molar-refractivity contribution is 7.00. The van der Waals surface area contributed by atoms with Crippen LogP contribution in [0, 0.1) is 6.92 Å². The molecule has 0 bridgehead atoms. The molecular formula is C53H46BN3O. The molecule has 282 valence electrons. The van der Waals surface area contributed by atoms with Gasteiger partial charge in [0.05, 0.1) is 16.6 Å². The standard InChI is InChI=1S/C53H46BN3O/c1-33-29-44-48-45(30-33)57-49-39-23-14-15-24-46(39)58-51(49)47-42(55(36-18-10-8-11-19-36)37-20-12-9-13-21-37)28-27-41(50(47)57)54(48)40-26-25-35(53(5,6)7)32-43(40)56(44)38-22-16-17-34(31-38)52(2,3)4/h8-32H,1-7H3. The van der Waals surface area contributed by atoms with E-state index in [0.29, 0.717) is 0 Å². The van der Waals surface area contributed by atoms with Crippen molar-refractivity contribution in [3.05, 3.63) is 168 Å². The molecule has 0 saturated carbocycles. The van der Waals surface area contributed by atoms with Gasteiger partial charge in [0.1, 0.15) is 11.1 Å². The fourth-order valence-electron chi connectivity index (χ4n) is 9.71. The van der Waals surface area contributed by atoms with Gasteiger partial charge in [0.25, 0.3) is 6.71 Å². The topological polar surface area (TPSA) is 24.6 Å². The summed E-state index contributed by atoms with van der Waals surface area (Å²) in [6.07, 6.45) is 0. The first kappa shape index (κ1) is 34.8. The third-order valence-electron chi connectivity index (χ3n) is 12.5. The molecule has 0 unspecified atom stereocenters. The second kappa shape index (κ2) is 12.3. The Labute approximate surface area is 341 Å². The smallest absolute Gasteiger partial charge is 0.252 e. The van der Waals surface area contributed by atoms with Crippen molar-refractivity contribution in [2.75, 3.05) is 9.80 Å². The minimum Gasteiger partial charge on any atom is -0.454 e. The molecule has 0 fully saturated rings. The Morgan fingerprint density at radius 1 is 0.552 bits per heavy atom. The van der Waals surface area contributed by atoms with Crippen molar-refractivity contribution in [3.8, 4) is 5.69 Å². The maximum Gasteiger partial charge on any atom is 0.252 e. The number of fused-ring (bicyclic) bond motifs is 9. The van der Waals surface area contributed by atoms with Gasteiger partial charge >= 0.3 is 0 Å². The van der Waals surface area contributed by atoms with Crippen molar-refractivity contribution in [1.29, 1.82) is 0 Å². The van der Waals surface area contributed by atoms with Gasteiger partial charge < -0.3 is 18.8 Å². The molecule has 7 aromatic carbocycles. The van der Waals surface area contributed by atoms with Gasteiger partial charge in [-0.25, -0.2) is 0 Å². The van der Waals surface area contributed by atoms with Crippen LogP contribution in [0.5, 0.6) is 0 Å². The molecule has 9 aromatic rings. The summed E-state index contributed by atoms with van der Waals surface area (Å²) in [4.78, 5) is 4.95. The normalized spacial score (nSPS) is 13.4. The van der Waals surface area contributed by atoms with E-state index in [0.717, 1.165) is 44.5 Å². The van der Waals surface area contributed by atoms with E-state index in [-0.39, 0.29) is 17.5 Å². The zero-order valence-corrected chi connectivity index (χ0v) is 34.3. The van der Waals surface area contributed by atoms with Crippen LogP contribution in [0.4, 0.5) is 34.1 Å². The molecule has 0 atom stereocenters. The average molecular weight is 752 g/mol. The minimum atomic E-state index is -0.0218. The number of aryl methyl sites for hydroxylation is 1. The molecule has 4 nitrogen and oxygen atoms in total. The fourth-order valence-corrected chi connectivity index (χ4v) is 9.71. The second-order valence-electron chi connectivity index (χ2n) is 18.3. The van der Waals surface area contributed by atoms with Crippen LogP contribution in [0.3, 0.4) is 0 Å². The molecule has 0 amide bonds. The van der Waals surface area contributed by atoms with Gasteiger partial charge in [0.2, 0.25) is 0 Å². The lowest BCUT2D eigenvalue weighted by atomic mass is 9.33. The summed E-state index contributed by atoms with van der Waals surface area (Å²) in [6.45, 7) is 16.1. The molecule has 0 radical (unpaired) electrons. The average Bonchev–Trinajstić information content (AvgIpc) is 3.75. The fraction of sp³-hybridized carbons (Fsp3) is 0.170. The summed E-state index contributed by atoms with van der Waals surface area (Å²) in [7, 11) is 0. The number of benzene rings is 7. The van der Waals surface area contributed by atoms with Crippen LogP contribution in [-0.4, -0.2) is 11.3 Å². The van der Waals surface area contributed by atoms with Crippen LogP contribution < -0.4 is 26.2 Å². The van der Waals surface area contributed by atoms with Crippen molar-refractivity contribution >= 4 is 90.2 Å². The first-order valence-electron chi connectivity index (χ1n) is 20.6. The lowest BCUT2D eigenvalue weighted by molar-refractivity contribution is 0.590. The zero-order chi connectivity index (χ0) is 39.7. The van der Waals surface area contributed by atoms with E-state index in [1.54, 1.807) is 0 Å². The van der Waals surface area contributed by atoms with Gasteiger partial charge in [-0.05, 0) is 124 Å². The highest BCUT2D eigenvalue weighted by Crippen LogP contribution is 2.49. The van der Waals surface area contributed by atoms with Crippen LogP contribution >= 0.6 is 0 Å². The van der Waals surface area contributed by atoms with Crippen molar-refractivity contribution in [3.63, 3.8) is 0 Å². The van der Waals surface area contributed by atoms with Crippen LogP contribution in [0.2, 0.25) is 0 Å². The third-order valence-corrected chi connectivity index (χ3v) is 12.5. The Bertz CT molecular complexity index is 3070. The number of furan rings is 1. The van der Waals surface area contributed by atoms with Gasteiger partial charge in [0.15, 0.2) is 5.58 Å². The van der Waals surface area contributed by atoms with Gasteiger partial charge in [-0.1, -0.05) is 120 Å². The Morgan fingerprint density at radius 2 is 1.19 bits per heavy atom. The number of hydrogen-bond donors (Lipinski definition) is 0. The highest BCUT2D eigenvalue weighted by atomic mass is 16.3. The number of aromatic nitrogens is 1. The van der Waals surface area contributed by atoms with E-state index in [1.807, 2.05) is 0 Å². The summed E-state index contributed by atoms with van der Waals surface area (Å²) in [6, 6.07) is 56.0. The van der Waals surface area contributed by atoms with Crippen molar-refractivity contribution in [1.82, 2.24) is 4.57 Å². The van der Waals surface area contributed by atoms with Crippen LogP contribution in [0.25, 0.3) is 38.7 Å². The molecule has 5 heteroatoms. The second-order valence-corrected chi connectivity index (χ2v) is 18.3. The van der Waals surface area contributed by atoms with Gasteiger partial charge in [-0.2, -0.15) is 0 Å². The molecule has 2 aliphatic heterocycles. The van der Waals surface area contributed by atoms with Crippen molar-refractivity contribution in [2.45, 2.75) is 59.3 Å². The quantitative estimate of drug-likeness (QED) is 0.167. The molecule has 0 aliphatic carbocycles. The van der Waals surface area contributed by atoms with Crippen molar-refractivity contribution < 1.29 is 4.42 Å². The molecule has 2 aromatic heterocycles. The van der Waals surface area contributed by atoms with E-state index in [4.69, 9.17) is 4.42 Å². The van der Waals surface area contributed by atoms with Gasteiger partial charge in [-0.15, -0.1) is 0 Å². The maximum atomic E-state index is 7.05. The number of para-hydroxylation sites is 3. The monoisotopic (exact) mass is 751 g/mol. The molecule has 4 heterocycles. The molecule has 2 aliphatic rings. The number of rotatable bonds is 4. The lowest BCUT2D eigenvalue weighted by Crippen LogP contribution is -2.60. The molecule has 0 saturated heterocycles. The summed E-state index contributed by atoms with van der Waals surface area (Å²) < 4.78 is 9.60. The van der Waals surface area contributed by atoms with E-state index in [2.05, 4.69) is 214 Å². The Morgan fingerprint density at radius 3 is 1.90 bits per heavy atom. The largest absolute Gasteiger partial charge is 0.454 e. The molecular weight excluding hydrogens is 705 g/mol. The predicted octanol–water partition coefficient (Wildman–Crippen LogP) is 12.5. The number of anilines is 6. The van der Waals surface area contributed by atoms with E-state index < -0.39 is 0 Å². The van der Waals surface area contributed by atoms with Gasteiger partial charge in [-0.3, -0.25) is 0 Å². The third kappa shape index (κ3) is 5.02. The Balaban J connectivity index is 1.30. The molecule has 58 heavy (non-hydrogen) atoms. The van der Waals surface area contributed by atoms with E-state index in [9.17, 15) is 0 Å². The first-order valence-corrected chi connectivity index (χ1v) is 20.6. The molecule has 0 spiro atoms. The van der Waals surface area contributed by atoms with E-state index >= 15 is 0 Å². The SMILES string of the molecule is Cc1cc2c3c(c1)-n1c4c(ccc(N(c5ccccc5)c5ccccc5)c4c4oc5ccccc5c41)B3c1ccc(C(C)(C)C)cc1N2c1cccc(C(C)(C)C)c1. The van der Waals surface area contributed by atoms with Crippen LogP contribution in [0.1, 0.15) is 58.2 Å². The number of nitrogens with zero attached hydrogens (tertiary/aromatic N) is 3. The number of hydrogen-bond acceptors (Lipinski definition) is 3. The lowest BCUT2D eigenvalue weighted by Gasteiger charge is -2.41. The van der Waals surface area contributed by atoms with Crippen LogP contribution in [0.15, 0.2) is 156 Å². The van der Waals surface area contributed by atoms with Crippen LogP contribution in [-0.2, 0) is 10.8 Å². The predicted molar refractivity (Wildman–Crippen MR) is 247 cm³/mol. The van der Waals surface area contributed by atoms with Gasteiger partial charge in [0, 0.05) is 39.5 Å². The minimum absolute atomic E-state index is 0.00513. The zero-order valence-electron chi connectivity index (χ0n) is 34.3. The first-order chi connectivity index (χ1) is 28.0. The summed E-state index contributed by atoms with van der Waals surface area (Å²) in [5.41, 5.74) is 20.1. The van der Waals surface area contributed by atoms with E-state index in [1.165, 1.54) is 61.3 Å². The molecule has 0 N–H and O–H groups in total. The van der Waals surface area contributed by atoms with Crippen molar-refractivity contribution in [2.24, 2.45) is 0 Å². The molecule has 11 rings (SSSR count). The Hall–Kier alpha value is -6.46. The Kier molecular flexibility index (Phi) is 7.36. The summed E-state index contributed by atoms with van der Waals surface area (Å²) in [5, 5.41) is 2.24.